The lowest BCUT2D eigenvalue weighted by Gasteiger charge is -2.06. The summed E-state index contributed by atoms with van der Waals surface area (Å²) in [5, 5.41) is 11.4. The molecule has 0 saturated heterocycles. The van der Waals surface area contributed by atoms with Crippen LogP contribution < -0.4 is 4.72 Å². The van der Waals surface area contributed by atoms with Crippen molar-refractivity contribution in [2.75, 3.05) is 4.72 Å². The van der Waals surface area contributed by atoms with Crippen molar-refractivity contribution in [2.24, 2.45) is 0 Å². The van der Waals surface area contributed by atoms with Crippen LogP contribution in [0.1, 0.15) is 0 Å². The van der Waals surface area contributed by atoms with Gasteiger partial charge >= 0.3 is 0 Å². The van der Waals surface area contributed by atoms with Gasteiger partial charge in [-0.1, -0.05) is 5.16 Å². The standard InChI is InChI=1S/C14H10N4O3S2/c19-23(20,14-4-3-13(22-14)11-5-6-21-17-11)18-10-2-1-9-8-15-16-12(9)7-10/h1-8,18H,(H,15,16). The van der Waals surface area contributed by atoms with Crippen LogP contribution in [0.5, 0.6) is 0 Å². The molecule has 116 valence electrons. The van der Waals surface area contributed by atoms with Gasteiger partial charge < -0.3 is 4.52 Å². The van der Waals surface area contributed by atoms with Gasteiger partial charge in [0.15, 0.2) is 0 Å². The molecular weight excluding hydrogens is 336 g/mol. The molecule has 0 fully saturated rings. The summed E-state index contributed by atoms with van der Waals surface area (Å²) < 4.78 is 32.5. The molecule has 3 aromatic heterocycles. The van der Waals surface area contributed by atoms with Crippen molar-refractivity contribution in [1.29, 1.82) is 0 Å². The van der Waals surface area contributed by atoms with Crippen LogP contribution >= 0.6 is 11.3 Å². The lowest BCUT2D eigenvalue weighted by atomic mass is 10.2. The molecule has 0 radical (unpaired) electrons. The molecule has 4 rings (SSSR count). The molecule has 0 saturated carbocycles. The third-order valence-electron chi connectivity index (χ3n) is 3.23. The number of rotatable bonds is 4. The van der Waals surface area contributed by atoms with Gasteiger partial charge in [-0.15, -0.1) is 11.3 Å². The zero-order valence-corrected chi connectivity index (χ0v) is 13.2. The van der Waals surface area contributed by atoms with Crippen molar-refractivity contribution in [3.05, 3.63) is 48.9 Å². The second-order valence-corrected chi connectivity index (χ2v) is 7.77. The normalized spacial score (nSPS) is 11.8. The van der Waals surface area contributed by atoms with Crippen LogP contribution in [0.25, 0.3) is 21.5 Å². The number of hydrogen-bond donors (Lipinski definition) is 2. The molecule has 0 atom stereocenters. The van der Waals surface area contributed by atoms with E-state index in [2.05, 4.69) is 20.1 Å². The van der Waals surface area contributed by atoms with E-state index < -0.39 is 10.0 Å². The van der Waals surface area contributed by atoms with Crippen molar-refractivity contribution >= 4 is 38.0 Å². The molecule has 23 heavy (non-hydrogen) atoms. The number of aromatic nitrogens is 3. The fourth-order valence-electron chi connectivity index (χ4n) is 2.15. The van der Waals surface area contributed by atoms with E-state index in [-0.39, 0.29) is 4.21 Å². The van der Waals surface area contributed by atoms with E-state index >= 15 is 0 Å². The Labute approximate surface area is 135 Å². The predicted molar refractivity (Wildman–Crippen MR) is 86.7 cm³/mol. The van der Waals surface area contributed by atoms with Gasteiger partial charge in [-0.3, -0.25) is 9.82 Å². The first-order chi connectivity index (χ1) is 11.1. The van der Waals surface area contributed by atoms with Gasteiger partial charge in [-0.05, 0) is 30.3 Å². The van der Waals surface area contributed by atoms with Gasteiger partial charge in [0.25, 0.3) is 10.0 Å². The first kappa shape index (κ1) is 14.0. The highest BCUT2D eigenvalue weighted by Crippen LogP contribution is 2.31. The molecule has 0 aliphatic heterocycles. The van der Waals surface area contributed by atoms with E-state index in [0.717, 1.165) is 27.1 Å². The monoisotopic (exact) mass is 346 g/mol. The summed E-state index contributed by atoms with van der Waals surface area (Å²) in [6, 6.07) is 10.1. The lowest BCUT2D eigenvalue weighted by Crippen LogP contribution is -2.11. The molecule has 0 spiro atoms. The van der Waals surface area contributed by atoms with E-state index in [1.54, 1.807) is 42.6 Å². The third kappa shape index (κ3) is 2.60. The number of H-pyrrole nitrogens is 1. The number of hydrogen-bond acceptors (Lipinski definition) is 6. The summed E-state index contributed by atoms with van der Waals surface area (Å²) in [7, 11) is -3.66. The van der Waals surface area contributed by atoms with Crippen LogP contribution in [0.3, 0.4) is 0 Å². The SMILES string of the molecule is O=S(=O)(Nc1ccc2cn[nH]c2c1)c1ccc(-c2ccon2)s1. The maximum absolute atomic E-state index is 12.5. The van der Waals surface area contributed by atoms with Crippen LogP contribution in [0.4, 0.5) is 5.69 Å². The van der Waals surface area contributed by atoms with Crippen molar-refractivity contribution in [1.82, 2.24) is 15.4 Å². The van der Waals surface area contributed by atoms with Gasteiger partial charge in [0, 0.05) is 11.5 Å². The molecule has 4 aromatic rings. The summed E-state index contributed by atoms with van der Waals surface area (Å²) in [5.41, 5.74) is 1.84. The van der Waals surface area contributed by atoms with Crippen LogP contribution in [0.2, 0.25) is 0 Å². The topological polar surface area (TPSA) is 101 Å². The van der Waals surface area contributed by atoms with Crippen LogP contribution in [-0.4, -0.2) is 23.8 Å². The Balaban J connectivity index is 1.64. The molecular formula is C14H10N4O3S2. The second-order valence-electron chi connectivity index (χ2n) is 4.78. The van der Waals surface area contributed by atoms with Crippen molar-refractivity contribution < 1.29 is 12.9 Å². The summed E-state index contributed by atoms with van der Waals surface area (Å²) in [6.45, 7) is 0. The van der Waals surface area contributed by atoms with Crippen molar-refractivity contribution in [3.63, 3.8) is 0 Å². The Morgan fingerprint density at radius 3 is 2.91 bits per heavy atom. The fraction of sp³-hybridized carbons (Fsp3) is 0. The van der Waals surface area contributed by atoms with E-state index in [1.165, 1.54) is 6.26 Å². The van der Waals surface area contributed by atoms with Crippen LogP contribution in [0.15, 0.2) is 57.6 Å². The number of anilines is 1. The summed E-state index contributed by atoms with van der Waals surface area (Å²) in [6.07, 6.45) is 3.12. The van der Waals surface area contributed by atoms with Gasteiger partial charge in [0.05, 0.1) is 22.3 Å². The number of nitrogens with one attached hydrogen (secondary N) is 2. The molecule has 9 heteroatoms. The highest BCUT2D eigenvalue weighted by Gasteiger charge is 2.18. The minimum atomic E-state index is -3.66. The zero-order valence-electron chi connectivity index (χ0n) is 11.6. The number of thiophene rings is 1. The summed E-state index contributed by atoms with van der Waals surface area (Å²) in [4.78, 5) is 0.725. The number of sulfonamides is 1. The average Bonchev–Trinajstić information content (AvgIpc) is 3.26. The molecule has 7 nitrogen and oxygen atoms in total. The molecule has 0 aliphatic carbocycles. The molecule has 0 unspecified atom stereocenters. The number of nitrogens with zero attached hydrogens (tertiary/aromatic N) is 2. The Kier molecular flexibility index (Phi) is 3.17. The minimum Gasteiger partial charge on any atom is -0.364 e. The largest absolute Gasteiger partial charge is 0.364 e. The number of fused-ring (bicyclic) bond motifs is 1. The summed E-state index contributed by atoms with van der Waals surface area (Å²) in [5.74, 6) is 0. The van der Waals surface area contributed by atoms with Gasteiger partial charge in [0.2, 0.25) is 0 Å². The van der Waals surface area contributed by atoms with E-state index in [4.69, 9.17) is 4.52 Å². The van der Waals surface area contributed by atoms with Gasteiger partial charge in [-0.2, -0.15) is 5.10 Å². The van der Waals surface area contributed by atoms with E-state index in [1.807, 2.05) is 0 Å². The molecule has 0 amide bonds. The Morgan fingerprint density at radius 2 is 2.09 bits per heavy atom. The maximum Gasteiger partial charge on any atom is 0.271 e. The number of benzene rings is 1. The summed E-state index contributed by atoms with van der Waals surface area (Å²) >= 11 is 1.13. The molecule has 2 N–H and O–H groups in total. The maximum atomic E-state index is 12.5. The van der Waals surface area contributed by atoms with E-state index in [9.17, 15) is 8.42 Å². The van der Waals surface area contributed by atoms with Crippen LogP contribution in [0, 0.1) is 0 Å². The fourth-order valence-corrected chi connectivity index (χ4v) is 4.46. The Hall–Kier alpha value is -2.65. The quantitative estimate of drug-likeness (QED) is 0.591. The third-order valence-corrected chi connectivity index (χ3v) is 6.21. The van der Waals surface area contributed by atoms with Crippen molar-refractivity contribution in [3.8, 4) is 10.6 Å². The van der Waals surface area contributed by atoms with Crippen molar-refractivity contribution in [2.45, 2.75) is 4.21 Å². The molecule has 0 bridgehead atoms. The Morgan fingerprint density at radius 1 is 1.17 bits per heavy atom. The smallest absolute Gasteiger partial charge is 0.271 e. The van der Waals surface area contributed by atoms with Crippen LogP contribution in [-0.2, 0) is 10.0 Å². The first-order valence-corrected chi connectivity index (χ1v) is 8.88. The lowest BCUT2D eigenvalue weighted by molar-refractivity contribution is 0.422. The number of aromatic amines is 1. The first-order valence-electron chi connectivity index (χ1n) is 6.58. The zero-order chi connectivity index (χ0) is 15.9. The molecule has 0 aliphatic rings. The minimum absolute atomic E-state index is 0.209. The van der Waals surface area contributed by atoms with E-state index in [0.29, 0.717) is 11.4 Å². The second kappa shape index (κ2) is 5.21. The van der Waals surface area contributed by atoms with Gasteiger partial charge in [0.1, 0.15) is 16.2 Å². The average molecular weight is 346 g/mol. The van der Waals surface area contributed by atoms with Gasteiger partial charge in [-0.25, -0.2) is 8.42 Å². The highest BCUT2D eigenvalue weighted by atomic mass is 32.2. The molecule has 3 heterocycles. The highest BCUT2D eigenvalue weighted by molar-refractivity contribution is 7.94. The molecule has 1 aromatic carbocycles. The Bertz CT molecular complexity index is 1060. The predicted octanol–water partition coefficient (Wildman–Crippen LogP) is 3.08.